The fourth-order valence-electron chi connectivity index (χ4n) is 5.38. The van der Waals surface area contributed by atoms with Crippen LogP contribution in [0.3, 0.4) is 0 Å². The molecule has 2 saturated carbocycles. The van der Waals surface area contributed by atoms with E-state index in [1.807, 2.05) is 0 Å². The first kappa shape index (κ1) is 15.8. The van der Waals surface area contributed by atoms with Crippen LogP contribution < -0.4 is 9.47 Å². The third-order valence-corrected chi connectivity index (χ3v) is 6.67. The highest BCUT2D eigenvalue weighted by Gasteiger charge is 2.67. The lowest BCUT2D eigenvalue weighted by Gasteiger charge is -2.37. The summed E-state index contributed by atoms with van der Waals surface area (Å²) in [5.74, 6) is 0.558. The highest BCUT2D eigenvalue weighted by atomic mass is 16.7. The van der Waals surface area contributed by atoms with Crippen LogP contribution in [0.25, 0.3) is 0 Å². The van der Waals surface area contributed by atoms with Crippen molar-refractivity contribution in [2.45, 2.75) is 6.42 Å². The van der Waals surface area contributed by atoms with Gasteiger partial charge in [-0.3, -0.25) is 19.7 Å². The lowest BCUT2D eigenvalue weighted by Crippen LogP contribution is -2.40. The van der Waals surface area contributed by atoms with Crippen molar-refractivity contribution in [1.29, 1.82) is 0 Å². The van der Waals surface area contributed by atoms with Gasteiger partial charge in [-0.1, -0.05) is 12.2 Å². The number of benzene rings is 1. The first-order valence-corrected chi connectivity index (χ1v) is 9.23. The highest BCUT2D eigenvalue weighted by Crippen LogP contribution is 2.65. The van der Waals surface area contributed by atoms with E-state index in [1.165, 1.54) is 18.3 Å². The van der Waals surface area contributed by atoms with Crippen LogP contribution in [0.15, 0.2) is 29.4 Å². The van der Waals surface area contributed by atoms with Gasteiger partial charge in [-0.25, -0.2) is 0 Å². The summed E-state index contributed by atoms with van der Waals surface area (Å²) >= 11 is 0. The predicted octanol–water partition coefficient (Wildman–Crippen LogP) is 1.71. The maximum Gasteiger partial charge on any atom is 0.282 e. The molecule has 1 saturated heterocycles. The molecule has 6 aliphatic rings. The van der Waals surface area contributed by atoms with Crippen LogP contribution in [0.1, 0.15) is 12.0 Å². The Hall–Kier alpha value is -3.23. The largest absolute Gasteiger partial charge is 0.454 e. The topological polar surface area (TPSA) is 111 Å². The van der Waals surface area contributed by atoms with Gasteiger partial charge < -0.3 is 9.47 Å². The molecular formula is C19H15N3O6. The molecule has 4 aliphatic carbocycles. The molecule has 0 aromatic heterocycles. The Balaban J connectivity index is 1.34. The van der Waals surface area contributed by atoms with Crippen LogP contribution >= 0.6 is 0 Å². The van der Waals surface area contributed by atoms with E-state index in [4.69, 9.17) is 9.47 Å². The second-order valence-corrected chi connectivity index (χ2v) is 7.91. The Bertz CT molecular complexity index is 981. The van der Waals surface area contributed by atoms with Crippen molar-refractivity contribution >= 4 is 23.7 Å². The number of carbonyl (C=O) groups excluding carboxylic acids is 2. The second-order valence-electron chi connectivity index (χ2n) is 7.91. The number of rotatable bonds is 3. The summed E-state index contributed by atoms with van der Waals surface area (Å²) in [5, 5.41) is 16.3. The Morgan fingerprint density at radius 3 is 2.29 bits per heavy atom. The molecule has 9 nitrogen and oxygen atoms in total. The Morgan fingerprint density at radius 1 is 1.07 bits per heavy atom. The number of allylic oxidation sites excluding steroid dienone is 2. The molecule has 1 aromatic rings. The lowest BCUT2D eigenvalue weighted by atomic mass is 9.63. The standard InChI is InChI=1S/C19H15N3O6/c23-18-16-9-1-2-10(12-4-11(9)12)17(16)19(24)21(18)20-6-8-3-14-15(28-7-27-14)5-13(8)22(25)26/h1-3,5-6,9-12,16-17H,4,7H2. The third-order valence-electron chi connectivity index (χ3n) is 6.67. The van der Waals surface area contributed by atoms with Crippen molar-refractivity contribution in [2.75, 3.05) is 6.79 Å². The Morgan fingerprint density at radius 2 is 1.68 bits per heavy atom. The number of ether oxygens (including phenoxy) is 2. The minimum absolute atomic E-state index is 0.0162. The normalized spacial score (nSPS) is 36.2. The van der Waals surface area contributed by atoms with Crippen LogP contribution in [0.4, 0.5) is 5.69 Å². The summed E-state index contributed by atoms with van der Waals surface area (Å²) in [6.07, 6.45) is 6.44. The maximum atomic E-state index is 12.9. The molecule has 0 spiro atoms. The number of carbonyl (C=O) groups is 2. The summed E-state index contributed by atoms with van der Waals surface area (Å²) in [4.78, 5) is 36.6. The third kappa shape index (κ3) is 1.93. The molecule has 3 fully saturated rings. The molecule has 6 atom stereocenters. The van der Waals surface area contributed by atoms with Gasteiger partial charge in [0, 0.05) is 0 Å². The number of hydrogen-bond acceptors (Lipinski definition) is 7. The van der Waals surface area contributed by atoms with Gasteiger partial charge in [-0.15, -0.1) is 0 Å². The highest BCUT2D eigenvalue weighted by molar-refractivity contribution is 6.06. The van der Waals surface area contributed by atoms with E-state index in [0.717, 1.165) is 11.4 Å². The van der Waals surface area contributed by atoms with Crippen molar-refractivity contribution in [3.63, 3.8) is 0 Å². The zero-order valence-corrected chi connectivity index (χ0v) is 14.6. The minimum atomic E-state index is -0.561. The van der Waals surface area contributed by atoms with E-state index in [2.05, 4.69) is 17.3 Å². The average Bonchev–Trinajstić information content (AvgIpc) is 3.33. The van der Waals surface area contributed by atoms with Crippen molar-refractivity contribution in [2.24, 2.45) is 40.6 Å². The number of nitrogens with zero attached hydrogens (tertiary/aromatic N) is 3. The molecule has 0 N–H and O–H groups in total. The molecule has 7 rings (SSSR count). The van der Waals surface area contributed by atoms with Gasteiger partial charge in [0.2, 0.25) is 6.79 Å². The number of nitro benzene ring substituents is 1. The van der Waals surface area contributed by atoms with E-state index in [9.17, 15) is 19.7 Å². The molecular weight excluding hydrogens is 366 g/mol. The van der Waals surface area contributed by atoms with E-state index >= 15 is 0 Å². The van der Waals surface area contributed by atoms with Crippen molar-refractivity contribution in [3.8, 4) is 11.5 Å². The fraction of sp³-hybridized carbons (Fsp3) is 0.421. The molecule has 6 unspecified atom stereocenters. The molecule has 142 valence electrons. The van der Waals surface area contributed by atoms with E-state index < -0.39 is 4.92 Å². The molecule has 2 aliphatic heterocycles. The molecule has 1 aromatic carbocycles. The van der Waals surface area contributed by atoms with E-state index in [-0.39, 0.29) is 59.3 Å². The number of hydrogen-bond donors (Lipinski definition) is 0. The summed E-state index contributed by atoms with van der Waals surface area (Å²) in [6.45, 7) is -0.0162. The van der Waals surface area contributed by atoms with Crippen molar-refractivity contribution < 1.29 is 24.0 Å². The first-order valence-electron chi connectivity index (χ1n) is 9.23. The number of imide groups is 1. The molecule has 9 heteroatoms. The summed E-state index contributed by atoms with van der Waals surface area (Å²) in [7, 11) is 0. The van der Waals surface area contributed by atoms with Crippen LogP contribution in [-0.2, 0) is 9.59 Å². The monoisotopic (exact) mass is 381 g/mol. The summed E-state index contributed by atoms with van der Waals surface area (Å²) in [6, 6.07) is 2.69. The van der Waals surface area contributed by atoms with E-state index in [1.54, 1.807) is 0 Å². The van der Waals surface area contributed by atoms with Gasteiger partial charge in [0.15, 0.2) is 11.5 Å². The van der Waals surface area contributed by atoms with Crippen LogP contribution in [-0.4, -0.2) is 34.8 Å². The SMILES string of the molecule is O=C1C2C3C=CC(C4CC34)C2C(=O)N1N=Cc1cc2c(cc1[N+](=O)[O-])OCO2. The Kier molecular flexibility index (Phi) is 2.92. The zero-order valence-electron chi connectivity index (χ0n) is 14.6. The average molecular weight is 381 g/mol. The maximum absolute atomic E-state index is 12.9. The van der Waals surface area contributed by atoms with Gasteiger partial charge in [0.05, 0.1) is 34.6 Å². The van der Waals surface area contributed by atoms with Gasteiger partial charge in [0.1, 0.15) is 0 Å². The Labute approximate surface area is 158 Å². The fourth-order valence-corrected chi connectivity index (χ4v) is 5.38. The smallest absolute Gasteiger partial charge is 0.282 e. The first-order chi connectivity index (χ1) is 13.5. The van der Waals surface area contributed by atoms with Crippen LogP contribution in [0.5, 0.6) is 11.5 Å². The summed E-state index contributed by atoms with van der Waals surface area (Å²) in [5.41, 5.74) is -0.0823. The number of nitro groups is 1. The molecule has 28 heavy (non-hydrogen) atoms. The molecule has 0 radical (unpaired) electrons. The van der Waals surface area contributed by atoms with Gasteiger partial charge >= 0.3 is 0 Å². The molecule has 2 bridgehead atoms. The molecule has 2 amide bonds. The number of amides is 2. The van der Waals surface area contributed by atoms with Crippen LogP contribution in [0, 0.1) is 45.6 Å². The molecule has 2 heterocycles. The zero-order chi connectivity index (χ0) is 19.2. The van der Waals surface area contributed by atoms with E-state index in [0.29, 0.717) is 17.6 Å². The van der Waals surface area contributed by atoms with Gasteiger partial charge in [-0.2, -0.15) is 10.1 Å². The second kappa shape index (κ2) is 5.18. The van der Waals surface area contributed by atoms with Gasteiger partial charge in [-0.05, 0) is 36.2 Å². The quantitative estimate of drug-likeness (QED) is 0.259. The number of hydrazone groups is 1. The lowest BCUT2D eigenvalue weighted by molar-refractivity contribution is -0.385. The van der Waals surface area contributed by atoms with Crippen LogP contribution in [0.2, 0.25) is 0 Å². The summed E-state index contributed by atoms with van der Waals surface area (Å²) < 4.78 is 10.4. The minimum Gasteiger partial charge on any atom is -0.454 e. The predicted molar refractivity (Wildman–Crippen MR) is 93.4 cm³/mol. The van der Waals surface area contributed by atoms with Crippen molar-refractivity contribution in [3.05, 3.63) is 40.0 Å². The van der Waals surface area contributed by atoms with Gasteiger partial charge in [0.25, 0.3) is 17.5 Å². The number of fused-ring (bicyclic) bond motifs is 1. The van der Waals surface area contributed by atoms with Crippen molar-refractivity contribution in [1.82, 2.24) is 5.01 Å².